The summed E-state index contributed by atoms with van der Waals surface area (Å²) in [6.45, 7) is 4.55. The molecule has 2 aliphatic heterocycles. The van der Waals surface area contributed by atoms with E-state index < -0.39 is 0 Å². The zero-order valence-electron chi connectivity index (χ0n) is 15.1. The second-order valence-corrected chi connectivity index (χ2v) is 7.45. The van der Waals surface area contributed by atoms with Crippen LogP contribution in [0.15, 0.2) is 18.3 Å². The molecule has 1 atom stereocenters. The van der Waals surface area contributed by atoms with E-state index >= 15 is 0 Å². The van der Waals surface area contributed by atoms with Crippen LogP contribution in [-0.4, -0.2) is 63.0 Å². The number of nitrogens with zero attached hydrogens (tertiary/aromatic N) is 4. The van der Waals surface area contributed by atoms with Gasteiger partial charge in [0.2, 0.25) is 11.8 Å². The molecule has 0 spiro atoms. The van der Waals surface area contributed by atoms with Crippen molar-refractivity contribution in [3.8, 4) is 0 Å². The summed E-state index contributed by atoms with van der Waals surface area (Å²) in [5.74, 6) is 0.680. The molecule has 0 radical (unpaired) electrons. The number of rotatable bonds is 2. The maximum atomic E-state index is 13.0. The van der Waals surface area contributed by atoms with Gasteiger partial charge in [0.05, 0.1) is 6.20 Å². The minimum Gasteiger partial charge on any atom is -0.343 e. The highest BCUT2D eigenvalue weighted by molar-refractivity contribution is 5.80. The molecule has 138 valence electrons. The number of carbonyl (C=O) groups excluding carboxylic acids is 2. The maximum absolute atomic E-state index is 13.0. The number of fused-ring (bicyclic) bond motifs is 1. The second kappa shape index (κ2) is 7.05. The predicted octanol–water partition coefficient (Wildman–Crippen LogP) is 1.92. The number of pyridine rings is 1. The fourth-order valence-electron chi connectivity index (χ4n) is 4.19. The Morgan fingerprint density at radius 2 is 1.92 bits per heavy atom. The topological polar surface area (TPSA) is 82.2 Å². The maximum Gasteiger partial charge on any atom is 0.225 e. The van der Waals surface area contributed by atoms with Crippen LogP contribution in [0.1, 0.15) is 44.2 Å². The van der Waals surface area contributed by atoms with E-state index in [0.717, 1.165) is 55.5 Å². The minimum atomic E-state index is 0.0485. The van der Waals surface area contributed by atoms with E-state index in [1.54, 1.807) is 13.1 Å². The number of hydrogen-bond donors (Lipinski definition) is 1. The average Bonchev–Trinajstić information content (AvgIpc) is 3.15. The third-order valence-electron chi connectivity index (χ3n) is 5.76. The van der Waals surface area contributed by atoms with Crippen LogP contribution in [-0.2, 0) is 9.59 Å². The Kier molecular flexibility index (Phi) is 4.61. The Hall–Kier alpha value is -2.44. The smallest absolute Gasteiger partial charge is 0.225 e. The highest BCUT2D eigenvalue weighted by atomic mass is 16.2. The predicted molar refractivity (Wildman–Crippen MR) is 97.4 cm³/mol. The van der Waals surface area contributed by atoms with E-state index in [1.165, 1.54) is 0 Å². The van der Waals surface area contributed by atoms with Gasteiger partial charge in [0.15, 0.2) is 5.65 Å². The first-order valence-electron chi connectivity index (χ1n) is 9.46. The lowest BCUT2D eigenvalue weighted by atomic mass is 9.90. The molecule has 0 aliphatic carbocycles. The van der Waals surface area contributed by atoms with Crippen molar-refractivity contribution in [3.05, 3.63) is 24.0 Å². The van der Waals surface area contributed by atoms with Crippen molar-refractivity contribution in [2.45, 2.75) is 38.5 Å². The second-order valence-electron chi connectivity index (χ2n) is 7.45. The molecule has 0 aromatic carbocycles. The minimum absolute atomic E-state index is 0.0485. The van der Waals surface area contributed by atoms with Crippen molar-refractivity contribution < 1.29 is 9.59 Å². The van der Waals surface area contributed by atoms with Gasteiger partial charge in [0.1, 0.15) is 0 Å². The van der Waals surface area contributed by atoms with Crippen molar-refractivity contribution in [3.63, 3.8) is 0 Å². The summed E-state index contributed by atoms with van der Waals surface area (Å²) >= 11 is 0. The highest BCUT2D eigenvalue weighted by Crippen LogP contribution is 2.29. The Labute approximate surface area is 152 Å². The number of amides is 2. The van der Waals surface area contributed by atoms with Crippen LogP contribution in [0.3, 0.4) is 0 Å². The number of hydrogen-bond acceptors (Lipinski definition) is 4. The van der Waals surface area contributed by atoms with Crippen LogP contribution in [0.5, 0.6) is 0 Å². The molecule has 26 heavy (non-hydrogen) atoms. The molecule has 4 heterocycles. The normalized spacial score (nSPS) is 22.0. The quantitative estimate of drug-likeness (QED) is 0.892. The number of nitrogens with one attached hydrogen (secondary N) is 1. The number of likely N-dealkylation sites (tertiary alicyclic amines) is 2. The SMILES string of the molecule is CC(=O)N1CCC(C(=O)N2CCC[C@H](c3ccc4cn[nH]c4n3)C2)CC1. The standard InChI is InChI=1S/C19H25N5O2/c1-13(25)23-9-6-14(7-10-23)19(26)24-8-2-3-16(12-24)17-5-4-15-11-20-22-18(15)21-17/h4-5,11,14,16H,2-3,6-10,12H2,1H3,(H,20,21,22)/t16-/m0/s1. The Morgan fingerprint density at radius 3 is 2.69 bits per heavy atom. The van der Waals surface area contributed by atoms with Gasteiger partial charge >= 0.3 is 0 Å². The van der Waals surface area contributed by atoms with Gasteiger partial charge in [-0.2, -0.15) is 5.10 Å². The van der Waals surface area contributed by atoms with E-state index in [9.17, 15) is 9.59 Å². The molecule has 2 amide bonds. The lowest BCUT2D eigenvalue weighted by Gasteiger charge is -2.37. The van der Waals surface area contributed by atoms with Crippen LogP contribution in [0.25, 0.3) is 11.0 Å². The first kappa shape index (κ1) is 17.0. The fraction of sp³-hybridized carbons (Fsp3) is 0.579. The van der Waals surface area contributed by atoms with Gasteiger partial charge in [-0.3, -0.25) is 14.7 Å². The van der Waals surface area contributed by atoms with E-state index in [-0.39, 0.29) is 23.7 Å². The summed E-state index contributed by atoms with van der Waals surface area (Å²) in [5, 5.41) is 7.96. The molecule has 2 aliphatic rings. The van der Waals surface area contributed by atoms with Gasteiger partial charge in [-0.05, 0) is 37.8 Å². The molecular formula is C19H25N5O2. The van der Waals surface area contributed by atoms with Crippen LogP contribution in [0, 0.1) is 5.92 Å². The molecule has 0 saturated carbocycles. The summed E-state index contributed by atoms with van der Waals surface area (Å²) in [5.41, 5.74) is 1.84. The van der Waals surface area contributed by atoms with Gasteiger partial charge in [0, 0.05) is 56.0 Å². The molecular weight excluding hydrogens is 330 g/mol. The van der Waals surface area contributed by atoms with Gasteiger partial charge in [0.25, 0.3) is 0 Å². The summed E-state index contributed by atoms with van der Waals surface area (Å²) in [7, 11) is 0. The number of aromatic nitrogens is 3. The number of carbonyl (C=O) groups is 2. The van der Waals surface area contributed by atoms with Crippen LogP contribution in [0.4, 0.5) is 0 Å². The van der Waals surface area contributed by atoms with Crippen molar-refractivity contribution in [2.75, 3.05) is 26.2 Å². The molecule has 0 unspecified atom stereocenters. The molecule has 2 saturated heterocycles. The van der Waals surface area contributed by atoms with E-state index in [1.807, 2.05) is 15.9 Å². The Balaban J connectivity index is 1.41. The lowest BCUT2D eigenvalue weighted by Crippen LogP contribution is -2.46. The van der Waals surface area contributed by atoms with Gasteiger partial charge in [-0.25, -0.2) is 4.98 Å². The van der Waals surface area contributed by atoms with E-state index in [4.69, 9.17) is 4.98 Å². The van der Waals surface area contributed by atoms with Crippen LogP contribution < -0.4 is 0 Å². The number of H-pyrrole nitrogens is 1. The third kappa shape index (κ3) is 3.30. The van der Waals surface area contributed by atoms with Gasteiger partial charge in [-0.15, -0.1) is 0 Å². The molecule has 7 heteroatoms. The monoisotopic (exact) mass is 355 g/mol. The molecule has 7 nitrogen and oxygen atoms in total. The Bertz CT molecular complexity index is 809. The number of piperidine rings is 2. The van der Waals surface area contributed by atoms with Crippen molar-refractivity contribution in [1.29, 1.82) is 0 Å². The van der Waals surface area contributed by atoms with E-state index in [0.29, 0.717) is 13.1 Å². The molecule has 1 N–H and O–H groups in total. The van der Waals surface area contributed by atoms with Gasteiger partial charge < -0.3 is 9.80 Å². The van der Waals surface area contributed by atoms with E-state index in [2.05, 4.69) is 16.3 Å². The third-order valence-corrected chi connectivity index (χ3v) is 5.76. The summed E-state index contributed by atoms with van der Waals surface area (Å²) in [6, 6.07) is 4.10. The lowest BCUT2D eigenvalue weighted by molar-refractivity contribution is -0.141. The largest absolute Gasteiger partial charge is 0.343 e. The summed E-state index contributed by atoms with van der Waals surface area (Å²) in [4.78, 5) is 33.0. The van der Waals surface area contributed by atoms with Crippen molar-refractivity contribution in [2.24, 2.45) is 5.92 Å². The molecule has 4 rings (SSSR count). The van der Waals surface area contributed by atoms with Crippen molar-refractivity contribution in [1.82, 2.24) is 25.0 Å². The summed E-state index contributed by atoms with van der Waals surface area (Å²) < 4.78 is 0. The fourth-order valence-corrected chi connectivity index (χ4v) is 4.19. The molecule has 2 aromatic rings. The van der Waals surface area contributed by atoms with Crippen LogP contribution >= 0.6 is 0 Å². The van der Waals surface area contributed by atoms with Crippen molar-refractivity contribution >= 4 is 22.8 Å². The van der Waals surface area contributed by atoms with Gasteiger partial charge in [-0.1, -0.05) is 0 Å². The Morgan fingerprint density at radius 1 is 1.12 bits per heavy atom. The average molecular weight is 355 g/mol. The van der Waals surface area contributed by atoms with Crippen LogP contribution in [0.2, 0.25) is 0 Å². The molecule has 2 aromatic heterocycles. The molecule has 2 fully saturated rings. The highest BCUT2D eigenvalue weighted by Gasteiger charge is 2.32. The first-order chi connectivity index (χ1) is 12.6. The zero-order valence-corrected chi connectivity index (χ0v) is 15.1. The summed E-state index contributed by atoms with van der Waals surface area (Å²) in [6.07, 6.45) is 5.39. The zero-order chi connectivity index (χ0) is 18.1. The number of aromatic amines is 1. The first-order valence-corrected chi connectivity index (χ1v) is 9.46. The molecule has 0 bridgehead atoms.